The highest BCUT2D eigenvalue weighted by atomic mass is 32.1. The molecule has 6 heterocycles. The van der Waals surface area contributed by atoms with E-state index in [2.05, 4.69) is 56.2 Å². The highest BCUT2D eigenvalue weighted by molar-refractivity contribution is 7.17. The van der Waals surface area contributed by atoms with Gasteiger partial charge in [-0.1, -0.05) is 24.3 Å². The minimum absolute atomic E-state index is 0.239. The summed E-state index contributed by atoms with van der Waals surface area (Å²) >= 11 is 3.46. The van der Waals surface area contributed by atoms with E-state index in [4.69, 9.17) is 30.9 Å². The number of nitrogens with zero attached hydrogens (tertiary/aromatic N) is 6. The Morgan fingerprint density at radius 3 is 1.51 bits per heavy atom. The van der Waals surface area contributed by atoms with E-state index in [1.54, 1.807) is 29.6 Å². The predicted molar refractivity (Wildman–Crippen MR) is 243 cm³/mol. The van der Waals surface area contributed by atoms with Crippen molar-refractivity contribution >= 4 is 79.0 Å². The number of esters is 2. The lowest BCUT2D eigenvalue weighted by atomic mass is 10.0. The molecule has 61 heavy (non-hydrogen) atoms. The second-order valence-corrected chi connectivity index (χ2v) is 18.2. The van der Waals surface area contributed by atoms with Crippen molar-refractivity contribution < 1.29 is 29.3 Å². The molecule has 0 bridgehead atoms. The summed E-state index contributed by atoms with van der Waals surface area (Å²) in [5.74, 6) is 0.763. The number of methoxy groups -OCH3 is 1. The lowest BCUT2D eigenvalue weighted by Gasteiger charge is -2.39. The molecule has 0 spiro atoms. The number of benzene rings is 2. The number of carbonyl (C=O) groups is 2. The largest absolute Gasteiger partial charge is 0.468 e. The van der Waals surface area contributed by atoms with Crippen molar-refractivity contribution in [3.05, 3.63) is 81.5 Å². The zero-order valence-electron chi connectivity index (χ0n) is 35.1. The Balaban J connectivity index is 0.000000184. The average Bonchev–Trinajstić information content (AvgIpc) is 3.73. The Morgan fingerprint density at radius 2 is 1.11 bits per heavy atom. The number of carbonyl (C=O) groups excluding carboxylic acids is 2. The van der Waals surface area contributed by atoms with Crippen molar-refractivity contribution in [3.63, 3.8) is 0 Å². The molecule has 2 aromatic heterocycles. The molecule has 326 valence electrons. The van der Waals surface area contributed by atoms with Gasteiger partial charge in [-0.3, -0.25) is 9.80 Å². The van der Waals surface area contributed by atoms with Gasteiger partial charge in [-0.15, -0.1) is 22.7 Å². The number of rotatable bonds is 9. The first-order valence-electron chi connectivity index (χ1n) is 20.5. The SMILES string of the molecule is CCOC(=O)C(N)(CO)CN1CCN(C2=Nc3ccccc3Nc3sc(C)cc32)CC1.COC(=O)C(N)(CO)CN1CCN(C2=Nc3ccccc3Nc3sc(C)cc32)CC1. The second kappa shape index (κ2) is 19.0. The first-order chi connectivity index (χ1) is 29.4. The normalized spacial score (nSPS) is 18.3. The molecule has 2 fully saturated rings. The number of aliphatic imine (C=N–C) groups is 2. The van der Waals surface area contributed by atoms with E-state index in [0.29, 0.717) is 26.2 Å². The van der Waals surface area contributed by atoms with Crippen molar-refractivity contribution in [3.8, 4) is 0 Å². The number of aliphatic hydroxyl groups is 2. The fourth-order valence-corrected chi connectivity index (χ4v) is 9.69. The Kier molecular flexibility index (Phi) is 13.7. The van der Waals surface area contributed by atoms with Crippen LogP contribution in [0.4, 0.5) is 32.8 Å². The van der Waals surface area contributed by atoms with E-state index in [1.165, 1.54) is 16.9 Å². The molecule has 16 nitrogen and oxygen atoms in total. The Bertz CT molecular complexity index is 2260. The van der Waals surface area contributed by atoms with Crippen molar-refractivity contribution in [2.45, 2.75) is 31.8 Å². The number of hydrogen-bond acceptors (Lipinski definition) is 18. The number of ether oxygens (including phenoxy) is 2. The number of aliphatic hydroxyl groups excluding tert-OH is 2. The predicted octanol–water partition coefficient (Wildman–Crippen LogP) is 3.73. The van der Waals surface area contributed by atoms with Crippen LogP contribution in [0.15, 0.2) is 70.6 Å². The number of nitrogens with two attached hydrogens (primary N) is 2. The van der Waals surface area contributed by atoms with Crippen LogP contribution in [0.5, 0.6) is 0 Å². The maximum atomic E-state index is 12.2. The van der Waals surface area contributed by atoms with Crippen molar-refractivity contribution in [1.29, 1.82) is 0 Å². The highest BCUT2D eigenvalue weighted by Crippen LogP contribution is 2.40. The van der Waals surface area contributed by atoms with Crippen LogP contribution in [0.2, 0.25) is 0 Å². The van der Waals surface area contributed by atoms with E-state index in [-0.39, 0.29) is 19.7 Å². The van der Waals surface area contributed by atoms with Gasteiger partial charge >= 0.3 is 11.9 Å². The Morgan fingerprint density at radius 1 is 0.705 bits per heavy atom. The molecule has 0 radical (unpaired) electrons. The van der Waals surface area contributed by atoms with Gasteiger partial charge in [0.1, 0.15) is 21.7 Å². The number of nitrogens with one attached hydrogen (secondary N) is 2. The number of anilines is 4. The fraction of sp³-hybridized carbons (Fsp3) is 0.442. The first kappa shape index (κ1) is 44.1. The summed E-state index contributed by atoms with van der Waals surface area (Å²) in [6.45, 7) is 11.6. The number of piperazine rings is 2. The van der Waals surface area contributed by atoms with Crippen LogP contribution >= 0.6 is 22.7 Å². The van der Waals surface area contributed by atoms with Crippen LogP contribution in [-0.2, 0) is 19.1 Å². The van der Waals surface area contributed by atoms with Gasteiger partial charge in [0, 0.05) is 75.2 Å². The molecule has 0 amide bonds. The Labute approximate surface area is 364 Å². The van der Waals surface area contributed by atoms with Crippen molar-refractivity contribution in [2.75, 3.05) is 103 Å². The summed E-state index contributed by atoms with van der Waals surface area (Å²) in [6, 6.07) is 20.5. The third kappa shape index (κ3) is 9.76. The van der Waals surface area contributed by atoms with Crippen LogP contribution in [0.3, 0.4) is 0 Å². The van der Waals surface area contributed by atoms with Gasteiger partial charge in [0.25, 0.3) is 0 Å². The molecular formula is C43H56N10O6S2. The number of para-hydroxylation sites is 4. The standard InChI is InChI=1S/C22H29N5O3S.C21H27N5O3S/c1-3-30-21(29)22(23,14-28)13-26-8-10-27(11-9-26)19-16-12-15(2)31-20(16)25-18-7-5-4-6-17(18)24-19;1-14-11-15-18(23-16-5-3-4-6-17(16)24-19(15)30-14)26-9-7-25(8-10-26)12-21(22,13-27)20(28)29-2/h4-7,12,25,28H,3,8-11,13-14,23H2,1-2H3;3-6,11,24,27H,7-10,12-13,22H2,1-2H3. The number of thiophene rings is 2. The second-order valence-electron chi connectivity index (χ2n) is 15.7. The van der Waals surface area contributed by atoms with E-state index < -0.39 is 36.2 Å². The van der Waals surface area contributed by atoms with Gasteiger partial charge in [0.05, 0.1) is 60.8 Å². The molecule has 0 saturated carbocycles. The molecule has 4 aliphatic heterocycles. The number of hydrogen-bond donors (Lipinski definition) is 6. The molecule has 0 aliphatic carbocycles. The lowest BCUT2D eigenvalue weighted by molar-refractivity contribution is -0.152. The van der Waals surface area contributed by atoms with E-state index in [1.807, 2.05) is 48.5 Å². The fourth-order valence-electron chi connectivity index (χ4n) is 7.85. The monoisotopic (exact) mass is 872 g/mol. The number of fused-ring (bicyclic) bond motifs is 4. The molecule has 2 saturated heterocycles. The summed E-state index contributed by atoms with van der Waals surface area (Å²) in [4.78, 5) is 45.4. The van der Waals surface area contributed by atoms with Gasteiger partial charge in [-0.25, -0.2) is 19.6 Å². The molecule has 18 heteroatoms. The Hall–Kier alpha value is -4.92. The van der Waals surface area contributed by atoms with Crippen molar-refractivity contribution in [2.24, 2.45) is 21.5 Å². The van der Waals surface area contributed by atoms with Crippen LogP contribution in [-0.4, -0.2) is 157 Å². The summed E-state index contributed by atoms with van der Waals surface area (Å²) in [5, 5.41) is 28.6. The topological polar surface area (TPSA) is 207 Å². The quantitative estimate of drug-likeness (QED) is 0.133. The molecule has 4 aliphatic rings. The third-order valence-electron chi connectivity index (χ3n) is 11.1. The zero-order chi connectivity index (χ0) is 43.3. The van der Waals surface area contributed by atoms with Crippen LogP contribution < -0.4 is 22.1 Å². The summed E-state index contributed by atoms with van der Waals surface area (Å²) in [7, 11) is 1.29. The van der Waals surface area contributed by atoms with Gasteiger partial charge < -0.3 is 51.6 Å². The molecule has 8 N–H and O–H groups in total. The average molecular weight is 873 g/mol. The van der Waals surface area contributed by atoms with Gasteiger partial charge in [0.2, 0.25) is 0 Å². The van der Waals surface area contributed by atoms with Crippen LogP contribution in [0, 0.1) is 13.8 Å². The van der Waals surface area contributed by atoms with Crippen molar-refractivity contribution in [1.82, 2.24) is 19.6 Å². The number of amidine groups is 2. The van der Waals surface area contributed by atoms with Crippen LogP contribution in [0.1, 0.15) is 27.8 Å². The minimum Gasteiger partial charge on any atom is -0.468 e. The molecular weight excluding hydrogens is 817 g/mol. The highest BCUT2D eigenvalue weighted by Gasteiger charge is 2.39. The van der Waals surface area contributed by atoms with E-state index >= 15 is 0 Å². The molecule has 2 atom stereocenters. The maximum Gasteiger partial charge on any atom is 0.329 e. The van der Waals surface area contributed by atoms with Gasteiger partial charge in [-0.2, -0.15) is 0 Å². The van der Waals surface area contributed by atoms with Gasteiger partial charge in [0.15, 0.2) is 11.1 Å². The molecule has 8 rings (SSSR count). The van der Waals surface area contributed by atoms with E-state index in [0.717, 1.165) is 81.7 Å². The number of aryl methyl sites for hydroxylation is 2. The third-order valence-corrected chi connectivity index (χ3v) is 13.1. The molecule has 2 aromatic carbocycles. The lowest BCUT2D eigenvalue weighted by Crippen LogP contribution is -2.62. The first-order valence-corrected chi connectivity index (χ1v) is 22.1. The summed E-state index contributed by atoms with van der Waals surface area (Å²) < 4.78 is 9.83. The minimum atomic E-state index is -1.41. The molecule has 4 aromatic rings. The van der Waals surface area contributed by atoms with Gasteiger partial charge in [-0.05, 0) is 57.2 Å². The molecule has 2 unspecified atom stereocenters. The summed E-state index contributed by atoms with van der Waals surface area (Å²) in [6.07, 6.45) is 0. The maximum absolute atomic E-state index is 12.2. The van der Waals surface area contributed by atoms with Crippen LogP contribution in [0.25, 0.3) is 0 Å². The summed E-state index contributed by atoms with van der Waals surface area (Å²) in [5.41, 5.74) is 15.5. The zero-order valence-corrected chi connectivity index (χ0v) is 36.8. The van der Waals surface area contributed by atoms with E-state index in [9.17, 15) is 19.8 Å². The smallest absolute Gasteiger partial charge is 0.329 e.